The van der Waals surface area contributed by atoms with E-state index in [4.69, 9.17) is 4.74 Å². The van der Waals surface area contributed by atoms with Gasteiger partial charge < -0.3 is 25.0 Å². The lowest BCUT2D eigenvalue weighted by Gasteiger charge is -2.36. The molecule has 0 radical (unpaired) electrons. The third-order valence-electron chi connectivity index (χ3n) is 4.78. The van der Waals surface area contributed by atoms with Crippen LogP contribution in [0.3, 0.4) is 0 Å². The van der Waals surface area contributed by atoms with Gasteiger partial charge in [-0.05, 0) is 37.8 Å². The van der Waals surface area contributed by atoms with Crippen LogP contribution in [0, 0.1) is 6.92 Å². The van der Waals surface area contributed by atoms with Gasteiger partial charge >= 0.3 is 6.03 Å². The molecule has 1 saturated heterocycles. The first kappa shape index (κ1) is 17.8. The van der Waals surface area contributed by atoms with Crippen LogP contribution in [0.25, 0.3) is 10.9 Å². The zero-order valence-electron chi connectivity index (χ0n) is 14.9. The quantitative estimate of drug-likeness (QED) is 0.777. The number of morpholine rings is 1. The molecule has 0 aliphatic carbocycles. The van der Waals surface area contributed by atoms with Crippen molar-refractivity contribution in [3.8, 4) is 0 Å². The second-order valence-corrected chi connectivity index (χ2v) is 6.80. The Hall–Kier alpha value is -2.05. The summed E-state index contributed by atoms with van der Waals surface area (Å²) in [6, 6.07) is 6.11. The van der Waals surface area contributed by atoms with Crippen molar-refractivity contribution in [2.24, 2.45) is 0 Å². The van der Waals surface area contributed by atoms with Crippen LogP contribution >= 0.6 is 0 Å². The van der Waals surface area contributed by atoms with E-state index in [1.165, 1.54) is 16.5 Å². The largest absolute Gasteiger partial charge is 0.393 e. The molecule has 2 atom stereocenters. The third-order valence-corrected chi connectivity index (χ3v) is 4.78. The number of aromatic amines is 1. The summed E-state index contributed by atoms with van der Waals surface area (Å²) in [4.78, 5) is 17.6. The molecule has 0 spiro atoms. The van der Waals surface area contributed by atoms with Gasteiger partial charge in [0.05, 0.1) is 25.4 Å². The molecular formula is C19H27N3O3. The van der Waals surface area contributed by atoms with Crippen LogP contribution in [0.1, 0.15) is 24.5 Å². The van der Waals surface area contributed by atoms with Crippen molar-refractivity contribution in [2.45, 2.75) is 38.8 Å². The summed E-state index contributed by atoms with van der Waals surface area (Å²) < 4.78 is 5.45. The Kier molecular flexibility index (Phi) is 5.60. The Morgan fingerprint density at radius 1 is 1.52 bits per heavy atom. The molecule has 3 N–H and O–H groups in total. The number of aryl methyl sites for hydroxylation is 1. The molecule has 1 aromatic carbocycles. The highest BCUT2D eigenvalue weighted by molar-refractivity contribution is 5.86. The lowest BCUT2D eigenvalue weighted by Crippen LogP contribution is -2.53. The lowest BCUT2D eigenvalue weighted by atomic mass is 10.1. The lowest BCUT2D eigenvalue weighted by molar-refractivity contribution is -0.00425. The van der Waals surface area contributed by atoms with Crippen LogP contribution in [-0.2, 0) is 11.2 Å². The molecule has 2 amide bonds. The number of para-hydroxylation sites is 1. The van der Waals surface area contributed by atoms with Crippen LogP contribution in [0.2, 0.25) is 0 Å². The number of H-pyrrole nitrogens is 1. The topological polar surface area (TPSA) is 77.6 Å². The maximum Gasteiger partial charge on any atom is 0.317 e. The maximum atomic E-state index is 12.5. The fraction of sp³-hybridized carbons (Fsp3) is 0.526. The summed E-state index contributed by atoms with van der Waals surface area (Å²) in [6.07, 6.45) is 2.89. The number of rotatable bonds is 5. The highest BCUT2D eigenvalue weighted by Gasteiger charge is 2.28. The van der Waals surface area contributed by atoms with Crippen LogP contribution in [-0.4, -0.2) is 59.5 Å². The predicted octanol–water partition coefficient (Wildman–Crippen LogP) is 2.20. The van der Waals surface area contributed by atoms with Gasteiger partial charge in [0, 0.05) is 30.2 Å². The molecule has 1 aliphatic rings. The van der Waals surface area contributed by atoms with E-state index in [9.17, 15) is 9.90 Å². The number of carbonyl (C=O) groups is 1. The number of hydrogen-bond donors (Lipinski definition) is 3. The summed E-state index contributed by atoms with van der Waals surface area (Å²) in [5, 5.41) is 13.8. The fourth-order valence-electron chi connectivity index (χ4n) is 3.49. The summed E-state index contributed by atoms with van der Waals surface area (Å²) in [5.41, 5.74) is 3.59. The standard InChI is InChI=1S/C19H27N3O3/c1-13-4-3-5-17-15(11-21-18(13)17)6-7-20-19(24)22-8-9-25-12-16(22)10-14(2)23/h3-5,11,14,16,21,23H,6-10,12H2,1-2H3,(H,20,24)/t14-,16+/m1/s1. The number of aliphatic hydroxyl groups is 1. The summed E-state index contributed by atoms with van der Waals surface area (Å²) >= 11 is 0. The average molecular weight is 345 g/mol. The number of carbonyl (C=O) groups excluding carboxylic acids is 1. The normalized spacial score (nSPS) is 19.2. The molecule has 25 heavy (non-hydrogen) atoms. The van der Waals surface area contributed by atoms with Crippen LogP contribution in [0.4, 0.5) is 4.79 Å². The molecule has 2 aromatic rings. The minimum atomic E-state index is -0.448. The zero-order valence-corrected chi connectivity index (χ0v) is 14.9. The first-order valence-electron chi connectivity index (χ1n) is 8.92. The maximum absolute atomic E-state index is 12.5. The van der Waals surface area contributed by atoms with Gasteiger partial charge in [-0.3, -0.25) is 0 Å². The van der Waals surface area contributed by atoms with Crippen molar-refractivity contribution >= 4 is 16.9 Å². The molecule has 6 heteroatoms. The minimum absolute atomic E-state index is 0.0653. The second kappa shape index (κ2) is 7.89. The second-order valence-electron chi connectivity index (χ2n) is 6.80. The number of nitrogens with one attached hydrogen (secondary N) is 2. The molecule has 0 unspecified atom stereocenters. The molecule has 2 heterocycles. The van der Waals surface area contributed by atoms with Crippen molar-refractivity contribution in [3.63, 3.8) is 0 Å². The van der Waals surface area contributed by atoms with Gasteiger partial charge in [0.2, 0.25) is 0 Å². The van der Waals surface area contributed by atoms with E-state index in [0.717, 1.165) is 11.9 Å². The summed E-state index contributed by atoms with van der Waals surface area (Å²) in [5.74, 6) is 0. The zero-order chi connectivity index (χ0) is 17.8. The van der Waals surface area contributed by atoms with Gasteiger partial charge in [0.25, 0.3) is 0 Å². The molecule has 0 bridgehead atoms. The third kappa shape index (κ3) is 4.14. The number of fused-ring (bicyclic) bond motifs is 1. The van der Waals surface area contributed by atoms with Gasteiger partial charge in [0.15, 0.2) is 0 Å². The van der Waals surface area contributed by atoms with E-state index in [2.05, 4.69) is 35.4 Å². The molecule has 3 rings (SSSR count). The van der Waals surface area contributed by atoms with E-state index < -0.39 is 6.10 Å². The van der Waals surface area contributed by atoms with Gasteiger partial charge in [-0.25, -0.2) is 4.79 Å². The van der Waals surface area contributed by atoms with E-state index in [1.807, 2.05) is 6.20 Å². The number of benzene rings is 1. The van der Waals surface area contributed by atoms with Crippen molar-refractivity contribution < 1.29 is 14.6 Å². The number of ether oxygens (including phenoxy) is 1. The van der Waals surface area contributed by atoms with Gasteiger partial charge in [-0.2, -0.15) is 0 Å². The van der Waals surface area contributed by atoms with Crippen molar-refractivity contribution in [1.29, 1.82) is 0 Å². The van der Waals surface area contributed by atoms with Gasteiger partial charge in [-0.1, -0.05) is 18.2 Å². The molecular weight excluding hydrogens is 318 g/mol. The highest BCUT2D eigenvalue weighted by Crippen LogP contribution is 2.21. The van der Waals surface area contributed by atoms with Crippen LogP contribution < -0.4 is 5.32 Å². The number of amides is 2. The smallest absolute Gasteiger partial charge is 0.317 e. The fourth-order valence-corrected chi connectivity index (χ4v) is 3.49. The molecule has 1 fully saturated rings. The Morgan fingerprint density at radius 2 is 2.36 bits per heavy atom. The minimum Gasteiger partial charge on any atom is -0.393 e. The number of hydrogen-bond acceptors (Lipinski definition) is 3. The number of nitrogens with zero attached hydrogens (tertiary/aromatic N) is 1. The first-order valence-corrected chi connectivity index (χ1v) is 8.92. The highest BCUT2D eigenvalue weighted by atomic mass is 16.5. The van der Waals surface area contributed by atoms with E-state index in [0.29, 0.717) is 32.7 Å². The van der Waals surface area contributed by atoms with Crippen molar-refractivity contribution in [3.05, 3.63) is 35.5 Å². The van der Waals surface area contributed by atoms with Crippen LogP contribution in [0.5, 0.6) is 0 Å². The SMILES string of the molecule is Cc1cccc2c(CCNC(=O)N3CCOC[C@@H]3C[C@@H](C)O)c[nH]c12. The van der Waals surface area contributed by atoms with E-state index >= 15 is 0 Å². The monoisotopic (exact) mass is 345 g/mol. The molecule has 1 aromatic heterocycles. The Morgan fingerprint density at radius 3 is 3.16 bits per heavy atom. The summed E-state index contributed by atoms with van der Waals surface area (Å²) in [7, 11) is 0. The predicted molar refractivity (Wildman–Crippen MR) is 97.7 cm³/mol. The number of urea groups is 1. The van der Waals surface area contributed by atoms with E-state index in [-0.39, 0.29) is 12.1 Å². The Bertz CT molecular complexity index is 726. The van der Waals surface area contributed by atoms with Crippen molar-refractivity contribution in [1.82, 2.24) is 15.2 Å². The van der Waals surface area contributed by atoms with Gasteiger partial charge in [0.1, 0.15) is 0 Å². The Labute approximate surface area is 148 Å². The van der Waals surface area contributed by atoms with Crippen LogP contribution in [0.15, 0.2) is 24.4 Å². The molecule has 1 aliphatic heterocycles. The number of aromatic nitrogens is 1. The molecule has 0 saturated carbocycles. The van der Waals surface area contributed by atoms with Gasteiger partial charge in [-0.15, -0.1) is 0 Å². The summed E-state index contributed by atoms with van der Waals surface area (Å²) in [6.45, 7) is 6.01. The molecule has 6 nitrogen and oxygen atoms in total. The Balaban J connectivity index is 1.57. The number of aliphatic hydroxyl groups excluding tert-OH is 1. The van der Waals surface area contributed by atoms with E-state index in [1.54, 1.807) is 11.8 Å². The molecule has 136 valence electrons. The first-order chi connectivity index (χ1) is 12.1. The average Bonchev–Trinajstić information content (AvgIpc) is 2.99. The van der Waals surface area contributed by atoms with Crippen molar-refractivity contribution in [2.75, 3.05) is 26.3 Å².